The lowest BCUT2D eigenvalue weighted by Crippen LogP contribution is -2.52. The van der Waals surface area contributed by atoms with Crippen LogP contribution in [-0.2, 0) is 13.1 Å². The molecule has 0 aliphatic carbocycles. The number of aliphatic imine (C=N–C) groups is 1. The van der Waals surface area contributed by atoms with E-state index in [1.165, 1.54) is 5.56 Å². The van der Waals surface area contributed by atoms with Crippen LogP contribution < -0.4 is 5.32 Å². The van der Waals surface area contributed by atoms with E-state index >= 15 is 0 Å². The normalized spacial score (nSPS) is 15.6. The number of imidazole rings is 1. The number of aromatic nitrogens is 3. The Morgan fingerprint density at radius 1 is 1.25 bits per heavy atom. The molecule has 1 fully saturated rings. The molecule has 3 aromatic rings. The van der Waals surface area contributed by atoms with Gasteiger partial charge in [0.2, 0.25) is 0 Å². The van der Waals surface area contributed by atoms with Crippen LogP contribution in [0.25, 0.3) is 11.0 Å². The number of H-pyrrole nitrogens is 1. The summed E-state index contributed by atoms with van der Waals surface area (Å²) in [5, 5.41) is 7.42. The number of hydrogen-bond acceptors (Lipinski definition) is 5. The average molecular weight is 495 g/mol. The zero-order valence-electron chi connectivity index (χ0n) is 16.2. The lowest BCUT2D eigenvalue weighted by molar-refractivity contribution is 0.169. The summed E-state index contributed by atoms with van der Waals surface area (Å²) in [6.45, 7) is 7.33. The van der Waals surface area contributed by atoms with Crippen molar-refractivity contribution in [1.82, 2.24) is 30.2 Å². The zero-order valence-corrected chi connectivity index (χ0v) is 18.5. The van der Waals surface area contributed by atoms with E-state index in [0.717, 1.165) is 61.2 Å². The van der Waals surface area contributed by atoms with Gasteiger partial charge in [0, 0.05) is 45.8 Å². The van der Waals surface area contributed by atoms with Crippen molar-refractivity contribution in [2.45, 2.75) is 20.0 Å². The van der Waals surface area contributed by atoms with Crippen LogP contribution in [-0.4, -0.2) is 64.1 Å². The van der Waals surface area contributed by atoms with E-state index in [9.17, 15) is 0 Å². The van der Waals surface area contributed by atoms with E-state index in [1.54, 1.807) is 6.26 Å². The predicted octanol–water partition coefficient (Wildman–Crippen LogP) is 2.37. The van der Waals surface area contributed by atoms with Crippen LogP contribution in [0.2, 0.25) is 0 Å². The molecule has 1 aliphatic rings. The van der Waals surface area contributed by atoms with Gasteiger partial charge in [-0.15, -0.1) is 24.0 Å². The Hall–Kier alpha value is -2.14. The molecule has 1 saturated heterocycles. The highest BCUT2D eigenvalue weighted by molar-refractivity contribution is 14.0. The third-order valence-electron chi connectivity index (χ3n) is 4.86. The summed E-state index contributed by atoms with van der Waals surface area (Å²) in [6.07, 6.45) is 1.62. The molecule has 1 aliphatic heterocycles. The molecule has 150 valence electrons. The minimum absolute atomic E-state index is 0. The molecule has 3 heterocycles. The first-order valence-corrected chi connectivity index (χ1v) is 9.24. The second-order valence-electron chi connectivity index (χ2n) is 6.86. The lowest BCUT2D eigenvalue weighted by Gasteiger charge is -2.36. The smallest absolute Gasteiger partial charge is 0.194 e. The number of guanidine groups is 1. The molecular weight excluding hydrogens is 469 g/mol. The van der Waals surface area contributed by atoms with E-state index in [-0.39, 0.29) is 24.0 Å². The highest BCUT2D eigenvalue weighted by Crippen LogP contribution is 2.13. The molecule has 4 rings (SSSR count). The van der Waals surface area contributed by atoms with Gasteiger partial charge >= 0.3 is 0 Å². The highest BCUT2D eigenvalue weighted by atomic mass is 127. The first-order valence-electron chi connectivity index (χ1n) is 9.24. The van der Waals surface area contributed by atoms with E-state index < -0.39 is 0 Å². The maximum absolute atomic E-state index is 4.91. The van der Waals surface area contributed by atoms with Crippen molar-refractivity contribution in [3.63, 3.8) is 0 Å². The Kier molecular flexibility index (Phi) is 6.89. The number of piperazine rings is 1. The van der Waals surface area contributed by atoms with Gasteiger partial charge in [0.1, 0.15) is 12.1 Å². The first-order chi connectivity index (χ1) is 13.2. The fourth-order valence-corrected chi connectivity index (χ4v) is 3.42. The van der Waals surface area contributed by atoms with Gasteiger partial charge in [0.25, 0.3) is 0 Å². The van der Waals surface area contributed by atoms with Crippen molar-refractivity contribution < 1.29 is 4.52 Å². The topological polar surface area (TPSA) is 85.6 Å². The van der Waals surface area contributed by atoms with Gasteiger partial charge in [0.15, 0.2) is 5.96 Å². The summed E-state index contributed by atoms with van der Waals surface area (Å²) in [5.41, 5.74) is 4.27. The van der Waals surface area contributed by atoms with Crippen molar-refractivity contribution >= 4 is 41.0 Å². The summed E-state index contributed by atoms with van der Waals surface area (Å²) in [4.78, 5) is 17.1. The monoisotopic (exact) mass is 495 g/mol. The van der Waals surface area contributed by atoms with Crippen LogP contribution in [0.4, 0.5) is 0 Å². The molecule has 2 aromatic heterocycles. The highest BCUT2D eigenvalue weighted by Gasteiger charge is 2.20. The summed E-state index contributed by atoms with van der Waals surface area (Å²) < 4.78 is 4.91. The summed E-state index contributed by atoms with van der Waals surface area (Å²) >= 11 is 0. The fraction of sp³-hybridized carbons (Fsp3) is 0.421. The minimum Gasteiger partial charge on any atom is -0.364 e. The average Bonchev–Trinajstić information content (AvgIpc) is 3.32. The van der Waals surface area contributed by atoms with Crippen molar-refractivity contribution in [1.29, 1.82) is 0 Å². The van der Waals surface area contributed by atoms with Crippen LogP contribution in [0.15, 0.2) is 40.0 Å². The zero-order chi connectivity index (χ0) is 18.6. The van der Waals surface area contributed by atoms with Crippen molar-refractivity contribution in [3.8, 4) is 0 Å². The van der Waals surface area contributed by atoms with Crippen molar-refractivity contribution in [2.24, 2.45) is 4.99 Å². The number of hydrogen-bond donors (Lipinski definition) is 2. The summed E-state index contributed by atoms with van der Waals surface area (Å²) in [5.74, 6) is 1.83. The van der Waals surface area contributed by atoms with Gasteiger partial charge in [-0.05, 0) is 24.6 Å². The van der Waals surface area contributed by atoms with Crippen molar-refractivity contribution in [3.05, 3.63) is 47.6 Å². The second-order valence-corrected chi connectivity index (χ2v) is 6.86. The Balaban J connectivity index is 0.00000225. The molecule has 0 unspecified atom stereocenters. The molecular formula is C19H26IN7O. The standard InChI is InChI=1S/C19H25N7O.HI/c1-14-3-4-16-17(11-14)23-18(22-16)12-21-19(20-2)26-8-6-25(7-9-26)13-15-5-10-27-24-15;/h3-5,10-11H,6-9,12-13H2,1-2H3,(H,20,21)(H,22,23);1H. The van der Waals surface area contributed by atoms with Crippen LogP contribution in [0, 0.1) is 6.92 Å². The molecule has 2 N–H and O–H groups in total. The van der Waals surface area contributed by atoms with Gasteiger partial charge in [-0.3, -0.25) is 9.89 Å². The van der Waals surface area contributed by atoms with Crippen LogP contribution in [0.3, 0.4) is 0 Å². The van der Waals surface area contributed by atoms with Gasteiger partial charge < -0.3 is 19.7 Å². The van der Waals surface area contributed by atoms with Gasteiger partial charge in [-0.2, -0.15) is 0 Å². The van der Waals surface area contributed by atoms with Gasteiger partial charge in [0.05, 0.1) is 23.3 Å². The largest absolute Gasteiger partial charge is 0.364 e. The van der Waals surface area contributed by atoms with Gasteiger partial charge in [-0.25, -0.2) is 4.98 Å². The molecule has 1 aromatic carbocycles. The third kappa shape index (κ3) is 4.82. The molecule has 0 radical (unpaired) electrons. The first kappa shape index (κ1) is 20.6. The molecule has 0 bridgehead atoms. The number of nitrogens with one attached hydrogen (secondary N) is 2. The number of benzene rings is 1. The predicted molar refractivity (Wildman–Crippen MR) is 120 cm³/mol. The Morgan fingerprint density at radius 3 is 2.79 bits per heavy atom. The van der Waals surface area contributed by atoms with Crippen LogP contribution in [0.1, 0.15) is 17.1 Å². The van der Waals surface area contributed by atoms with Crippen molar-refractivity contribution in [2.75, 3.05) is 33.2 Å². The number of nitrogens with zero attached hydrogens (tertiary/aromatic N) is 5. The molecule has 0 amide bonds. The quantitative estimate of drug-likeness (QED) is 0.329. The van der Waals surface area contributed by atoms with E-state index in [0.29, 0.717) is 6.54 Å². The third-order valence-corrected chi connectivity index (χ3v) is 4.86. The molecule has 0 spiro atoms. The second kappa shape index (κ2) is 9.37. The lowest BCUT2D eigenvalue weighted by atomic mass is 10.2. The number of halogens is 1. The van der Waals surface area contributed by atoms with Crippen LogP contribution in [0.5, 0.6) is 0 Å². The Bertz CT molecular complexity index is 914. The number of aromatic amines is 1. The fourth-order valence-electron chi connectivity index (χ4n) is 3.42. The van der Waals surface area contributed by atoms with Gasteiger partial charge in [-0.1, -0.05) is 11.2 Å². The Morgan fingerprint density at radius 2 is 2.07 bits per heavy atom. The molecule has 0 saturated carbocycles. The summed E-state index contributed by atoms with van der Waals surface area (Å²) in [7, 11) is 1.83. The maximum Gasteiger partial charge on any atom is 0.194 e. The summed E-state index contributed by atoms with van der Waals surface area (Å²) in [6, 6.07) is 8.17. The SMILES string of the molecule is CN=C(NCc1nc2ccc(C)cc2[nH]1)N1CCN(Cc2ccon2)CC1.I. The number of rotatable bonds is 4. The van der Waals surface area contributed by atoms with E-state index in [1.807, 2.05) is 19.2 Å². The number of fused-ring (bicyclic) bond motifs is 1. The van der Waals surface area contributed by atoms with E-state index in [4.69, 9.17) is 4.52 Å². The Labute approximate surface area is 181 Å². The molecule has 0 atom stereocenters. The minimum atomic E-state index is 0. The molecule has 9 heteroatoms. The maximum atomic E-state index is 4.91. The number of aryl methyl sites for hydroxylation is 1. The molecule has 8 nitrogen and oxygen atoms in total. The van der Waals surface area contributed by atoms with Crippen LogP contribution >= 0.6 is 24.0 Å². The molecule has 28 heavy (non-hydrogen) atoms. The van der Waals surface area contributed by atoms with E-state index in [2.05, 4.69) is 54.3 Å².